The number of nitro groups is 1. The van der Waals surface area contributed by atoms with Crippen LogP contribution in [0.25, 0.3) is 11.4 Å². The minimum atomic E-state index is -0.493. The summed E-state index contributed by atoms with van der Waals surface area (Å²) in [6, 6.07) is 12.0. The molecule has 0 bridgehead atoms. The number of benzene rings is 2. The summed E-state index contributed by atoms with van der Waals surface area (Å²) >= 11 is 4.74. The molecule has 3 aromatic rings. The molecular weight excluding hydrogens is 446 g/mol. The fourth-order valence-electron chi connectivity index (χ4n) is 2.49. The van der Waals surface area contributed by atoms with Crippen LogP contribution in [0, 0.1) is 17.0 Å². The summed E-state index contributed by atoms with van der Waals surface area (Å²) in [5.74, 6) is 0.508. The smallest absolute Gasteiger partial charge is 0.271 e. The maximum absolute atomic E-state index is 12.3. The molecule has 8 nitrogen and oxygen atoms in total. The van der Waals surface area contributed by atoms with E-state index in [-0.39, 0.29) is 17.3 Å². The first-order valence-electron chi connectivity index (χ1n) is 8.19. The summed E-state index contributed by atoms with van der Waals surface area (Å²) in [6.45, 7) is 1.78. The average molecular weight is 462 g/mol. The van der Waals surface area contributed by atoms with Gasteiger partial charge in [-0.05, 0) is 18.6 Å². The molecule has 0 aliphatic rings. The Morgan fingerprint density at radius 2 is 2.04 bits per heavy atom. The zero-order chi connectivity index (χ0) is 20.3. The van der Waals surface area contributed by atoms with Crippen LogP contribution in [-0.4, -0.2) is 31.3 Å². The van der Waals surface area contributed by atoms with E-state index >= 15 is 0 Å². The van der Waals surface area contributed by atoms with Crippen molar-refractivity contribution in [3.8, 4) is 11.4 Å². The highest BCUT2D eigenvalue weighted by Gasteiger charge is 2.16. The molecule has 2 aromatic carbocycles. The van der Waals surface area contributed by atoms with Gasteiger partial charge in [0.05, 0.1) is 16.4 Å². The molecule has 10 heteroatoms. The van der Waals surface area contributed by atoms with E-state index in [9.17, 15) is 14.9 Å². The fourth-order valence-corrected chi connectivity index (χ4v) is 3.67. The molecule has 0 saturated carbocycles. The predicted molar refractivity (Wildman–Crippen MR) is 111 cm³/mol. The van der Waals surface area contributed by atoms with Crippen LogP contribution in [0.2, 0.25) is 0 Å². The number of aryl methyl sites for hydroxylation is 1. The van der Waals surface area contributed by atoms with Crippen LogP contribution in [-0.2, 0) is 11.8 Å². The van der Waals surface area contributed by atoms with Crippen LogP contribution in [0.4, 0.5) is 11.4 Å². The zero-order valence-electron chi connectivity index (χ0n) is 15.0. The summed E-state index contributed by atoms with van der Waals surface area (Å²) in [5, 5.41) is 22.6. The van der Waals surface area contributed by atoms with Gasteiger partial charge in [-0.25, -0.2) is 0 Å². The van der Waals surface area contributed by atoms with Gasteiger partial charge in [0.1, 0.15) is 0 Å². The van der Waals surface area contributed by atoms with Crippen LogP contribution in [0.5, 0.6) is 0 Å². The van der Waals surface area contributed by atoms with Gasteiger partial charge in [-0.1, -0.05) is 52.0 Å². The first-order valence-corrected chi connectivity index (χ1v) is 9.96. The first-order chi connectivity index (χ1) is 13.4. The number of carbonyl (C=O) groups is 1. The number of hydrogen-bond acceptors (Lipinski definition) is 6. The Morgan fingerprint density at radius 1 is 1.29 bits per heavy atom. The number of aromatic nitrogens is 3. The number of nitro benzene ring substituents is 1. The van der Waals surface area contributed by atoms with Crippen molar-refractivity contribution in [3.05, 3.63) is 62.6 Å². The van der Waals surface area contributed by atoms with Crippen LogP contribution >= 0.6 is 27.7 Å². The number of anilines is 1. The van der Waals surface area contributed by atoms with E-state index in [1.54, 1.807) is 13.0 Å². The molecule has 1 heterocycles. The SMILES string of the molecule is Cc1ccc([N+](=O)[O-])cc1NC(=O)CSc1nnc(-c2ccccc2Br)n1C. The van der Waals surface area contributed by atoms with Crippen LogP contribution in [0.1, 0.15) is 5.56 Å². The Bertz CT molecular complexity index is 1050. The van der Waals surface area contributed by atoms with Crippen molar-refractivity contribution in [2.75, 3.05) is 11.1 Å². The lowest BCUT2D eigenvalue weighted by Crippen LogP contribution is -2.15. The topological polar surface area (TPSA) is 103 Å². The van der Waals surface area contributed by atoms with Gasteiger partial charge >= 0.3 is 0 Å². The molecule has 0 saturated heterocycles. The lowest BCUT2D eigenvalue weighted by Gasteiger charge is -2.08. The van der Waals surface area contributed by atoms with Crippen molar-refractivity contribution in [2.24, 2.45) is 7.05 Å². The zero-order valence-corrected chi connectivity index (χ0v) is 17.5. The van der Waals surface area contributed by atoms with Gasteiger partial charge in [0.2, 0.25) is 5.91 Å². The summed E-state index contributed by atoms with van der Waals surface area (Å²) in [6.07, 6.45) is 0. The molecule has 28 heavy (non-hydrogen) atoms. The van der Waals surface area contributed by atoms with Crippen molar-refractivity contribution in [1.82, 2.24) is 14.8 Å². The van der Waals surface area contributed by atoms with E-state index < -0.39 is 4.92 Å². The number of rotatable bonds is 6. The van der Waals surface area contributed by atoms with Crippen LogP contribution in [0.3, 0.4) is 0 Å². The van der Waals surface area contributed by atoms with Crippen LogP contribution < -0.4 is 5.32 Å². The second-order valence-corrected chi connectivity index (χ2v) is 7.74. The van der Waals surface area contributed by atoms with Gasteiger partial charge in [-0.3, -0.25) is 14.9 Å². The molecule has 0 aliphatic heterocycles. The molecule has 0 spiro atoms. The molecule has 1 amide bonds. The highest BCUT2D eigenvalue weighted by Crippen LogP contribution is 2.29. The van der Waals surface area contributed by atoms with Crippen molar-refractivity contribution in [1.29, 1.82) is 0 Å². The number of thioether (sulfide) groups is 1. The number of amides is 1. The van der Waals surface area contributed by atoms with Crippen molar-refractivity contribution >= 4 is 45.0 Å². The van der Waals surface area contributed by atoms with E-state index in [1.807, 2.05) is 35.9 Å². The number of non-ortho nitro benzene ring substituents is 1. The molecule has 0 aliphatic carbocycles. The summed E-state index contributed by atoms with van der Waals surface area (Å²) in [4.78, 5) is 22.7. The first kappa shape index (κ1) is 20.0. The number of nitrogens with one attached hydrogen (secondary N) is 1. The quantitative estimate of drug-likeness (QED) is 0.335. The van der Waals surface area contributed by atoms with Crippen LogP contribution in [0.15, 0.2) is 52.1 Å². The monoisotopic (exact) mass is 461 g/mol. The van der Waals surface area contributed by atoms with Gasteiger partial charge in [-0.15, -0.1) is 10.2 Å². The molecule has 0 fully saturated rings. The Balaban J connectivity index is 1.68. The Hall–Kier alpha value is -2.72. The molecule has 1 aromatic heterocycles. The standard InChI is InChI=1S/C18H16BrN5O3S/c1-11-7-8-12(24(26)27)9-15(11)20-16(25)10-28-18-22-21-17(23(18)2)13-5-3-4-6-14(13)19/h3-9H,10H2,1-2H3,(H,20,25). The van der Waals surface area contributed by atoms with Crippen molar-refractivity contribution in [3.63, 3.8) is 0 Å². The molecule has 0 radical (unpaired) electrons. The van der Waals surface area contributed by atoms with Gasteiger partial charge in [0.25, 0.3) is 5.69 Å². The van der Waals surface area contributed by atoms with Crippen molar-refractivity contribution < 1.29 is 9.72 Å². The van der Waals surface area contributed by atoms with E-state index in [1.165, 1.54) is 23.9 Å². The second-order valence-electron chi connectivity index (χ2n) is 5.94. The lowest BCUT2D eigenvalue weighted by atomic mass is 10.2. The average Bonchev–Trinajstić information content (AvgIpc) is 3.02. The Kier molecular flexibility index (Phi) is 6.10. The summed E-state index contributed by atoms with van der Waals surface area (Å²) < 4.78 is 2.72. The highest BCUT2D eigenvalue weighted by atomic mass is 79.9. The Morgan fingerprint density at radius 3 is 2.75 bits per heavy atom. The molecule has 1 N–H and O–H groups in total. The fraction of sp³-hybridized carbons (Fsp3) is 0.167. The Labute approximate surface area is 173 Å². The number of nitrogens with zero attached hydrogens (tertiary/aromatic N) is 4. The molecule has 0 unspecified atom stereocenters. The third kappa shape index (κ3) is 4.39. The molecular formula is C18H16BrN5O3S. The minimum Gasteiger partial charge on any atom is -0.325 e. The highest BCUT2D eigenvalue weighted by molar-refractivity contribution is 9.10. The molecule has 144 valence electrons. The third-order valence-corrected chi connectivity index (χ3v) is 5.70. The molecule has 0 atom stereocenters. The second kappa shape index (κ2) is 8.53. The van der Waals surface area contributed by atoms with Gasteiger partial charge in [0, 0.05) is 29.2 Å². The largest absolute Gasteiger partial charge is 0.325 e. The summed E-state index contributed by atoms with van der Waals surface area (Å²) in [5.41, 5.74) is 2.01. The maximum atomic E-state index is 12.3. The number of carbonyl (C=O) groups excluding carboxylic acids is 1. The van der Waals surface area contributed by atoms with E-state index in [0.29, 0.717) is 16.7 Å². The van der Waals surface area contributed by atoms with E-state index in [4.69, 9.17) is 0 Å². The van der Waals surface area contributed by atoms with Crippen molar-refractivity contribution in [2.45, 2.75) is 12.1 Å². The number of hydrogen-bond donors (Lipinski definition) is 1. The molecule has 3 rings (SSSR count). The van der Waals surface area contributed by atoms with E-state index in [0.717, 1.165) is 15.6 Å². The van der Waals surface area contributed by atoms with E-state index in [2.05, 4.69) is 31.4 Å². The normalized spacial score (nSPS) is 10.7. The predicted octanol–water partition coefficient (Wildman–Crippen LogP) is 4.19. The van der Waals surface area contributed by atoms with Gasteiger partial charge < -0.3 is 9.88 Å². The number of halogens is 1. The minimum absolute atomic E-state index is 0.0695. The lowest BCUT2D eigenvalue weighted by molar-refractivity contribution is -0.384. The maximum Gasteiger partial charge on any atom is 0.271 e. The summed E-state index contributed by atoms with van der Waals surface area (Å²) in [7, 11) is 1.83. The third-order valence-electron chi connectivity index (χ3n) is 3.99. The van der Waals surface area contributed by atoms with Gasteiger partial charge in [0.15, 0.2) is 11.0 Å². The van der Waals surface area contributed by atoms with Gasteiger partial charge in [-0.2, -0.15) is 0 Å².